The van der Waals surface area contributed by atoms with E-state index in [-0.39, 0.29) is 6.54 Å². The van der Waals surface area contributed by atoms with Crippen molar-refractivity contribution < 1.29 is 13.5 Å². The monoisotopic (exact) mass is 327 g/mol. The average Bonchev–Trinajstić information content (AvgIpc) is 2.93. The number of ether oxygens (including phenoxy) is 1. The maximum atomic E-state index is 14.9. The van der Waals surface area contributed by atoms with Crippen LogP contribution in [-0.2, 0) is 0 Å². The molecule has 0 aliphatic heterocycles. The van der Waals surface area contributed by atoms with E-state index < -0.39 is 12.3 Å². The van der Waals surface area contributed by atoms with Crippen LogP contribution in [0.2, 0.25) is 0 Å². The highest BCUT2D eigenvalue weighted by Gasteiger charge is 2.26. The van der Waals surface area contributed by atoms with Gasteiger partial charge in [-0.25, -0.2) is 4.39 Å². The lowest BCUT2D eigenvalue weighted by molar-refractivity contribution is 0.0810. The molecule has 2 aromatic carbocycles. The molecule has 0 radical (unpaired) electrons. The molecule has 3 rings (SSSR count). The molecule has 0 N–H and O–H groups in total. The van der Waals surface area contributed by atoms with Crippen molar-refractivity contribution in [2.24, 2.45) is 0 Å². The predicted molar refractivity (Wildman–Crippen MR) is 94.2 cm³/mol. The van der Waals surface area contributed by atoms with Gasteiger partial charge in [-0.2, -0.15) is 0 Å². The van der Waals surface area contributed by atoms with Crippen molar-refractivity contribution in [1.82, 2.24) is 4.90 Å². The standard InChI is InChI=1S/C20H22FNO2/c1-14-12-16-10-7-11-18(20(16)23-14)24-19(17(21)13-22(2)3)15-8-5-4-6-9-15/h4-12,17,19H,13H2,1-3H3. The van der Waals surface area contributed by atoms with E-state index >= 15 is 0 Å². The lowest BCUT2D eigenvalue weighted by atomic mass is 10.0. The highest BCUT2D eigenvalue weighted by Crippen LogP contribution is 2.33. The van der Waals surface area contributed by atoms with Crippen molar-refractivity contribution in [3.8, 4) is 5.75 Å². The molecule has 1 aromatic heterocycles. The zero-order valence-corrected chi connectivity index (χ0v) is 14.2. The van der Waals surface area contributed by atoms with E-state index in [0.29, 0.717) is 11.3 Å². The zero-order valence-electron chi connectivity index (χ0n) is 14.2. The summed E-state index contributed by atoms with van der Waals surface area (Å²) in [5, 5.41) is 0.958. The molecule has 2 unspecified atom stereocenters. The molecule has 24 heavy (non-hydrogen) atoms. The van der Waals surface area contributed by atoms with Gasteiger partial charge in [0.1, 0.15) is 5.76 Å². The molecule has 0 aliphatic carbocycles. The Kier molecular flexibility index (Phi) is 4.86. The van der Waals surface area contributed by atoms with Crippen LogP contribution in [0.1, 0.15) is 17.4 Å². The van der Waals surface area contributed by atoms with E-state index in [4.69, 9.17) is 9.15 Å². The van der Waals surface area contributed by atoms with Gasteiger partial charge in [0.25, 0.3) is 0 Å². The Morgan fingerprint density at radius 2 is 1.83 bits per heavy atom. The SMILES string of the molecule is Cc1cc2cccc(OC(c3ccccc3)C(F)CN(C)C)c2o1. The summed E-state index contributed by atoms with van der Waals surface area (Å²) in [5.74, 6) is 1.37. The normalized spacial score (nSPS) is 14.0. The van der Waals surface area contributed by atoms with E-state index in [2.05, 4.69) is 0 Å². The molecule has 3 aromatic rings. The van der Waals surface area contributed by atoms with Gasteiger partial charge in [0.2, 0.25) is 0 Å². The summed E-state index contributed by atoms with van der Waals surface area (Å²) in [4.78, 5) is 1.82. The van der Waals surface area contributed by atoms with Crippen molar-refractivity contribution in [2.45, 2.75) is 19.2 Å². The Morgan fingerprint density at radius 3 is 2.54 bits per heavy atom. The number of hydrogen-bond donors (Lipinski definition) is 0. The van der Waals surface area contributed by atoms with Crippen LogP contribution in [0, 0.1) is 6.92 Å². The largest absolute Gasteiger partial charge is 0.479 e. The Labute approximate surface area is 141 Å². The van der Waals surface area contributed by atoms with Crippen LogP contribution in [0.3, 0.4) is 0 Å². The molecule has 1 heterocycles. The molecule has 2 atom stereocenters. The van der Waals surface area contributed by atoms with Gasteiger partial charge >= 0.3 is 0 Å². The second kappa shape index (κ2) is 7.05. The number of hydrogen-bond acceptors (Lipinski definition) is 3. The first-order valence-corrected chi connectivity index (χ1v) is 8.04. The molecule has 0 fully saturated rings. The number of halogens is 1. The van der Waals surface area contributed by atoms with E-state index in [1.165, 1.54) is 0 Å². The smallest absolute Gasteiger partial charge is 0.176 e. The van der Waals surface area contributed by atoms with Crippen LogP contribution < -0.4 is 4.74 Å². The number of aryl methyl sites for hydroxylation is 1. The van der Waals surface area contributed by atoms with Gasteiger partial charge in [-0.1, -0.05) is 42.5 Å². The summed E-state index contributed by atoms with van der Waals surface area (Å²) in [5.41, 5.74) is 1.47. The van der Waals surface area contributed by atoms with E-state index in [1.807, 2.05) is 80.5 Å². The van der Waals surface area contributed by atoms with Crippen molar-refractivity contribution in [1.29, 1.82) is 0 Å². The van der Waals surface area contributed by atoms with E-state index in [1.54, 1.807) is 0 Å². The first-order chi connectivity index (χ1) is 11.5. The molecule has 0 spiro atoms. The maximum Gasteiger partial charge on any atom is 0.176 e. The molecular weight excluding hydrogens is 305 g/mol. The van der Waals surface area contributed by atoms with Gasteiger partial charge in [-0.15, -0.1) is 0 Å². The summed E-state index contributed by atoms with van der Waals surface area (Å²) in [6.07, 6.45) is -1.85. The molecule has 0 bridgehead atoms. The number of para-hydroxylation sites is 1. The second-order valence-corrected chi connectivity index (χ2v) is 6.26. The summed E-state index contributed by atoms with van der Waals surface area (Å²) in [7, 11) is 3.70. The van der Waals surface area contributed by atoms with Crippen molar-refractivity contribution in [2.75, 3.05) is 20.6 Å². The summed E-state index contributed by atoms with van der Waals surface area (Å²) < 4.78 is 26.7. The fraction of sp³-hybridized carbons (Fsp3) is 0.300. The Bertz CT molecular complexity index is 798. The average molecular weight is 327 g/mol. The molecule has 0 aliphatic rings. The number of fused-ring (bicyclic) bond motifs is 1. The van der Waals surface area contributed by atoms with Gasteiger partial charge in [-0.3, -0.25) is 0 Å². The number of benzene rings is 2. The summed E-state index contributed by atoms with van der Waals surface area (Å²) >= 11 is 0. The van der Waals surface area contributed by atoms with Gasteiger partial charge in [0, 0.05) is 11.9 Å². The second-order valence-electron chi connectivity index (χ2n) is 6.26. The van der Waals surface area contributed by atoms with Crippen LogP contribution in [0.25, 0.3) is 11.0 Å². The van der Waals surface area contributed by atoms with Crippen molar-refractivity contribution in [3.63, 3.8) is 0 Å². The molecular formula is C20H22FNO2. The first kappa shape index (κ1) is 16.5. The van der Waals surface area contributed by atoms with Crippen LogP contribution in [0.4, 0.5) is 4.39 Å². The molecule has 0 saturated carbocycles. The third-order valence-electron chi connectivity index (χ3n) is 3.88. The van der Waals surface area contributed by atoms with Crippen LogP contribution in [-0.4, -0.2) is 31.7 Å². The Balaban J connectivity index is 1.96. The maximum absolute atomic E-state index is 14.9. The third kappa shape index (κ3) is 3.60. The number of rotatable bonds is 6. The minimum Gasteiger partial charge on any atom is -0.479 e. The minimum atomic E-state index is -1.16. The van der Waals surface area contributed by atoms with Gasteiger partial charge in [0.15, 0.2) is 23.6 Å². The van der Waals surface area contributed by atoms with Gasteiger partial charge in [0.05, 0.1) is 0 Å². The summed E-state index contributed by atoms with van der Waals surface area (Å²) in [6.45, 7) is 2.18. The van der Waals surface area contributed by atoms with Crippen molar-refractivity contribution >= 4 is 11.0 Å². The topological polar surface area (TPSA) is 25.6 Å². The first-order valence-electron chi connectivity index (χ1n) is 8.04. The van der Waals surface area contributed by atoms with Crippen LogP contribution in [0.5, 0.6) is 5.75 Å². The Morgan fingerprint density at radius 1 is 1.08 bits per heavy atom. The fourth-order valence-corrected chi connectivity index (χ4v) is 2.83. The summed E-state index contributed by atoms with van der Waals surface area (Å²) in [6, 6.07) is 17.1. The number of furan rings is 1. The molecule has 0 amide bonds. The quantitative estimate of drug-likeness (QED) is 0.653. The lowest BCUT2D eigenvalue weighted by Gasteiger charge is -2.25. The van der Waals surface area contributed by atoms with E-state index in [9.17, 15) is 4.39 Å². The van der Waals surface area contributed by atoms with Gasteiger partial charge < -0.3 is 14.1 Å². The molecule has 3 nitrogen and oxygen atoms in total. The fourth-order valence-electron chi connectivity index (χ4n) is 2.83. The highest BCUT2D eigenvalue weighted by molar-refractivity contribution is 5.83. The highest BCUT2D eigenvalue weighted by atomic mass is 19.1. The molecule has 126 valence electrons. The third-order valence-corrected chi connectivity index (χ3v) is 3.88. The van der Waals surface area contributed by atoms with E-state index in [0.717, 1.165) is 16.7 Å². The zero-order chi connectivity index (χ0) is 17.1. The minimum absolute atomic E-state index is 0.284. The molecule has 4 heteroatoms. The van der Waals surface area contributed by atoms with Crippen LogP contribution >= 0.6 is 0 Å². The number of alkyl halides is 1. The van der Waals surface area contributed by atoms with Crippen molar-refractivity contribution in [3.05, 3.63) is 65.9 Å². The number of nitrogens with zero attached hydrogens (tertiary/aromatic N) is 1. The molecule has 0 saturated heterocycles. The van der Waals surface area contributed by atoms with Crippen LogP contribution in [0.15, 0.2) is 59.0 Å². The lowest BCUT2D eigenvalue weighted by Crippen LogP contribution is -2.30. The Hall–Kier alpha value is -2.33. The predicted octanol–water partition coefficient (Wildman–Crippen LogP) is 4.76. The van der Waals surface area contributed by atoms with Gasteiger partial charge in [-0.05, 0) is 38.7 Å².